The van der Waals surface area contributed by atoms with Crippen molar-refractivity contribution in [2.45, 2.75) is 52.5 Å². The molecule has 3 nitrogen and oxygen atoms in total. The van der Waals surface area contributed by atoms with E-state index in [1.54, 1.807) is 0 Å². The first-order chi connectivity index (χ1) is 9.99. The molecule has 21 heavy (non-hydrogen) atoms. The minimum Gasteiger partial charge on any atom is -0.387 e. The molecule has 3 heteroatoms. The average molecular weight is 289 g/mol. The minimum absolute atomic E-state index is 0.00875. The van der Waals surface area contributed by atoms with E-state index in [-0.39, 0.29) is 11.8 Å². The Labute approximate surface area is 130 Å². The third-order valence-corrected chi connectivity index (χ3v) is 4.05. The Kier molecular flexibility index (Phi) is 7.44. The van der Waals surface area contributed by atoms with Crippen LogP contribution < -0.4 is 5.73 Å². The lowest BCUT2D eigenvalue weighted by Crippen LogP contribution is -2.42. The molecule has 118 valence electrons. The summed E-state index contributed by atoms with van der Waals surface area (Å²) in [6.45, 7) is 10.9. The molecule has 1 aromatic rings. The highest BCUT2D eigenvalue weighted by Gasteiger charge is 2.23. The second kappa shape index (κ2) is 8.83. The van der Waals surface area contributed by atoms with Gasteiger partial charge in [-0.2, -0.15) is 0 Å². The highest BCUT2D eigenvalue weighted by Crippen LogP contribution is 2.21. The van der Waals surface area contributed by atoms with Crippen LogP contribution in [0, 0.1) is 11.3 Å². The van der Waals surface area contributed by atoms with Crippen LogP contribution >= 0.6 is 0 Å². The van der Waals surface area contributed by atoms with Gasteiger partial charge in [-0.3, -0.25) is 10.3 Å². The number of nitrogens with zero attached hydrogens (tertiary/aromatic N) is 1. The van der Waals surface area contributed by atoms with Crippen LogP contribution in [0.2, 0.25) is 0 Å². The zero-order valence-corrected chi connectivity index (χ0v) is 14.0. The van der Waals surface area contributed by atoms with Crippen LogP contribution in [0.25, 0.3) is 0 Å². The van der Waals surface area contributed by atoms with Crippen LogP contribution in [0.4, 0.5) is 0 Å². The van der Waals surface area contributed by atoms with Crippen LogP contribution in [0.1, 0.15) is 52.0 Å². The SMILES string of the molecule is CCC(CC)N(CC(C)C)CC(C(=N)N)c1ccccc1. The first kappa shape index (κ1) is 17.7. The summed E-state index contributed by atoms with van der Waals surface area (Å²) >= 11 is 0. The summed E-state index contributed by atoms with van der Waals surface area (Å²) in [4.78, 5) is 2.52. The van der Waals surface area contributed by atoms with Gasteiger partial charge < -0.3 is 5.73 Å². The lowest BCUT2D eigenvalue weighted by molar-refractivity contribution is 0.164. The molecule has 0 saturated carbocycles. The number of amidine groups is 1. The zero-order chi connectivity index (χ0) is 15.8. The maximum atomic E-state index is 7.97. The fraction of sp³-hybridized carbons (Fsp3) is 0.611. The molecule has 0 bridgehead atoms. The van der Waals surface area contributed by atoms with Gasteiger partial charge in [-0.05, 0) is 24.3 Å². The Bertz CT molecular complexity index is 410. The van der Waals surface area contributed by atoms with Crippen LogP contribution in [0.3, 0.4) is 0 Å². The molecule has 0 saturated heterocycles. The van der Waals surface area contributed by atoms with Crippen molar-refractivity contribution in [3.8, 4) is 0 Å². The third kappa shape index (κ3) is 5.50. The fourth-order valence-electron chi connectivity index (χ4n) is 2.95. The molecular formula is C18H31N3. The van der Waals surface area contributed by atoms with Gasteiger partial charge in [0.15, 0.2) is 0 Å². The number of nitrogens with one attached hydrogen (secondary N) is 1. The third-order valence-electron chi connectivity index (χ3n) is 4.05. The molecule has 1 unspecified atom stereocenters. The van der Waals surface area contributed by atoms with Crippen molar-refractivity contribution in [1.29, 1.82) is 5.41 Å². The Balaban J connectivity index is 2.93. The molecule has 0 radical (unpaired) electrons. The topological polar surface area (TPSA) is 53.1 Å². The Morgan fingerprint density at radius 3 is 2.10 bits per heavy atom. The van der Waals surface area contributed by atoms with E-state index in [0.717, 1.165) is 31.5 Å². The molecule has 0 spiro atoms. The van der Waals surface area contributed by atoms with Crippen LogP contribution in [-0.4, -0.2) is 29.9 Å². The Hall–Kier alpha value is -1.35. The summed E-state index contributed by atoms with van der Waals surface area (Å²) in [6, 6.07) is 10.8. The van der Waals surface area contributed by atoms with Crippen LogP contribution in [-0.2, 0) is 0 Å². The highest BCUT2D eigenvalue weighted by atomic mass is 15.2. The molecule has 0 amide bonds. The molecule has 0 aliphatic carbocycles. The van der Waals surface area contributed by atoms with Crippen molar-refractivity contribution < 1.29 is 0 Å². The van der Waals surface area contributed by atoms with E-state index in [4.69, 9.17) is 11.1 Å². The van der Waals surface area contributed by atoms with E-state index in [1.165, 1.54) is 0 Å². The molecule has 0 fully saturated rings. The lowest BCUT2D eigenvalue weighted by atomic mass is 9.95. The van der Waals surface area contributed by atoms with Crippen molar-refractivity contribution >= 4 is 5.84 Å². The maximum absolute atomic E-state index is 7.97. The van der Waals surface area contributed by atoms with Gasteiger partial charge in [-0.15, -0.1) is 0 Å². The van der Waals surface area contributed by atoms with Gasteiger partial charge in [0.1, 0.15) is 0 Å². The van der Waals surface area contributed by atoms with E-state index in [2.05, 4.69) is 44.7 Å². The van der Waals surface area contributed by atoms with Gasteiger partial charge in [0.25, 0.3) is 0 Å². The quantitative estimate of drug-likeness (QED) is 0.536. The second-order valence-electron chi connectivity index (χ2n) is 6.24. The van der Waals surface area contributed by atoms with Crippen molar-refractivity contribution in [3.05, 3.63) is 35.9 Å². The van der Waals surface area contributed by atoms with E-state index in [0.29, 0.717) is 12.0 Å². The minimum atomic E-state index is -0.00875. The number of benzene rings is 1. The maximum Gasteiger partial charge on any atom is 0.0995 e. The molecule has 0 heterocycles. The predicted octanol–water partition coefficient (Wildman–Crippen LogP) is 3.85. The van der Waals surface area contributed by atoms with Gasteiger partial charge in [0.05, 0.1) is 11.8 Å². The molecule has 1 aromatic carbocycles. The number of nitrogens with two attached hydrogens (primary N) is 1. The summed E-state index contributed by atoms with van der Waals surface area (Å²) in [7, 11) is 0. The smallest absolute Gasteiger partial charge is 0.0995 e. The summed E-state index contributed by atoms with van der Waals surface area (Å²) in [5.41, 5.74) is 7.03. The monoisotopic (exact) mass is 289 g/mol. The molecule has 1 atom stereocenters. The zero-order valence-electron chi connectivity index (χ0n) is 14.0. The number of hydrogen-bond acceptors (Lipinski definition) is 2. The predicted molar refractivity (Wildman–Crippen MR) is 91.9 cm³/mol. The molecular weight excluding hydrogens is 258 g/mol. The summed E-state index contributed by atoms with van der Waals surface area (Å²) in [5.74, 6) is 0.875. The van der Waals surface area contributed by atoms with Gasteiger partial charge in [0.2, 0.25) is 0 Å². The second-order valence-corrected chi connectivity index (χ2v) is 6.24. The Morgan fingerprint density at radius 1 is 1.10 bits per heavy atom. The van der Waals surface area contributed by atoms with Crippen molar-refractivity contribution in [1.82, 2.24) is 4.90 Å². The van der Waals surface area contributed by atoms with Gasteiger partial charge >= 0.3 is 0 Å². The summed E-state index contributed by atoms with van der Waals surface area (Å²) < 4.78 is 0. The molecule has 0 aromatic heterocycles. The number of hydrogen-bond donors (Lipinski definition) is 2. The van der Waals surface area contributed by atoms with Gasteiger partial charge in [-0.25, -0.2) is 0 Å². The van der Waals surface area contributed by atoms with Crippen molar-refractivity contribution in [3.63, 3.8) is 0 Å². The molecule has 3 N–H and O–H groups in total. The number of rotatable bonds is 9. The average Bonchev–Trinajstić information content (AvgIpc) is 2.45. The van der Waals surface area contributed by atoms with E-state index in [9.17, 15) is 0 Å². The molecule has 0 aliphatic heterocycles. The largest absolute Gasteiger partial charge is 0.387 e. The highest BCUT2D eigenvalue weighted by molar-refractivity contribution is 5.84. The fourth-order valence-corrected chi connectivity index (χ4v) is 2.95. The normalized spacial score (nSPS) is 13.1. The van der Waals surface area contributed by atoms with E-state index >= 15 is 0 Å². The first-order valence-corrected chi connectivity index (χ1v) is 8.12. The van der Waals surface area contributed by atoms with E-state index in [1.807, 2.05) is 18.2 Å². The Morgan fingerprint density at radius 2 is 1.67 bits per heavy atom. The standard InChI is InChI=1S/C18H31N3/c1-5-16(6-2)21(12-14(3)4)13-17(18(19)20)15-10-8-7-9-11-15/h7-11,14,16-17H,5-6,12-13H2,1-4H3,(H3,19,20). The molecule has 0 aliphatic rings. The van der Waals surface area contributed by atoms with Crippen molar-refractivity contribution in [2.75, 3.05) is 13.1 Å². The van der Waals surface area contributed by atoms with Crippen molar-refractivity contribution in [2.24, 2.45) is 11.7 Å². The first-order valence-electron chi connectivity index (χ1n) is 8.12. The molecule has 1 rings (SSSR count). The van der Waals surface area contributed by atoms with E-state index < -0.39 is 0 Å². The summed E-state index contributed by atoms with van der Waals surface area (Å²) in [6.07, 6.45) is 2.28. The lowest BCUT2D eigenvalue weighted by Gasteiger charge is -2.34. The van der Waals surface area contributed by atoms with Crippen LogP contribution in [0.5, 0.6) is 0 Å². The van der Waals surface area contributed by atoms with Gasteiger partial charge in [-0.1, -0.05) is 58.0 Å². The van der Waals surface area contributed by atoms with Gasteiger partial charge in [0, 0.05) is 19.1 Å². The van der Waals surface area contributed by atoms with Crippen LogP contribution in [0.15, 0.2) is 30.3 Å². The summed E-state index contributed by atoms with van der Waals surface area (Å²) in [5, 5.41) is 7.97.